The number of rotatable bonds is 4. The minimum absolute atomic E-state index is 0.0309. The van der Waals surface area contributed by atoms with Crippen LogP contribution in [0.1, 0.15) is 49.5 Å². The minimum atomic E-state index is -3.79. The lowest BCUT2D eigenvalue weighted by Crippen LogP contribution is -2.43. The largest absolute Gasteiger partial charge is 0.495 e. The summed E-state index contributed by atoms with van der Waals surface area (Å²) in [6, 6.07) is 12.7. The van der Waals surface area contributed by atoms with Gasteiger partial charge in [-0.05, 0) is 67.9 Å². The van der Waals surface area contributed by atoms with Gasteiger partial charge in [-0.25, -0.2) is 8.42 Å². The second-order valence-corrected chi connectivity index (χ2v) is 11.2. The van der Waals surface area contributed by atoms with Crippen LogP contribution in [0.3, 0.4) is 0 Å². The molecule has 4 rings (SSSR count). The number of para-hydroxylation sites is 1. The summed E-state index contributed by atoms with van der Waals surface area (Å²) in [6.45, 7) is 7.13. The molecule has 2 aliphatic rings. The fraction of sp³-hybridized carbons (Fsp3) is 0.480. The maximum absolute atomic E-state index is 13.6. The molecular weight excluding hydrogens is 424 g/mol. The SMILES string of the molecule is COc1ccc(C(=O)N2c3ccccc3CCC2C)cc1S(=O)(=O)N1CC(C)CC(C)C1. The molecular formula is C25H32N2O4S. The van der Waals surface area contributed by atoms with Gasteiger partial charge in [0.25, 0.3) is 5.91 Å². The number of methoxy groups -OCH3 is 1. The van der Waals surface area contributed by atoms with Gasteiger partial charge >= 0.3 is 0 Å². The molecule has 2 aromatic carbocycles. The van der Waals surface area contributed by atoms with Crippen LogP contribution in [-0.2, 0) is 16.4 Å². The third kappa shape index (κ3) is 4.16. The van der Waals surface area contributed by atoms with E-state index in [1.54, 1.807) is 17.0 Å². The quantitative estimate of drug-likeness (QED) is 0.686. The van der Waals surface area contributed by atoms with E-state index >= 15 is 0 Å². The third-order valence-electron chi connectivity index (χ3n) is 6.61. The normalized spacial score (nSPS) is 24.1. The molecule has 2 heterocycles. The Morgan fingerprint density at radius 2 is 1.72 bits per heavy atom. The summed E-state index contributed by atoms with van der Waals surface area (Å²) < 4.78 is 34.1. The number of fused-ring (bicyclic) bond motifs is 1. The Morgan fingerprint density at radius 3 is 2.41 bits per heavy atom. The van der Waals surface area contributed by atoms with Gasteiger partial charge in [-0.15, -0.1) is 0 Å². The Kier molecular flexibility index (Phi) is 6.32. The predicted molar refractivity (Wildman–Crippen MR) is 126 cm³/mol. The van der Waals surface area contributed by atoms with Crippen molar-refractivity contribution in [2.75, 3.05) is 25.1 Å². The van der Waals surface area contributed by atoms with Crippen molar-refractivity contribution in [2.24, 2.45) is 11.8 Å². The number of carbonyl (C=O) groups is 1. The first-order valence-electron chi connectivity index (χ1n) is 11.3. The lowest BCUT2D eigenvalue weighted by Gasteiger charge is -2.36. The van der Waals surface area contributed by atoms with Crippen LogP contribution in [0.2, 0.25) is 0 Å². The van der Waals surface area contributed by atoms with Crippen LogP contribution in [0.25, 0.3) is 0 Å². The van der Waals surface area contributed by atoms with Gasteiger partial charge in [0.1, 0.15) is 10.6 Å². The first-order valence-corrected chi connectivity index (χ1v) is 12.8. The highest BCUT2D eigenvalue weighted by molar-refractivity contribution is 7.89. The van der Waals surface area contributed by atoms with Crippen molar-refractivity contribution in [3.05, 3.63) is 53.6 Å². The average molecular weight is 457 g/mol. The topological polar surface area (TPSA) is 66.9 Å². The van der Waals surface area contributed by atoms with Crippen molar-refractivity contribution in [2.45, 2.75) is 51.0 Å². The average Bonchev–Trinajstić information content (AvgIpc) is 2.77. The summed E-state index contributed by atoms with van der Waals surface area (Å²) in [5, 5.41) is 0. The first-order chi connectivity index (χ1) is 15.2. The fourth-order valence-corrected chi connectivity index (χ4v) is 6.95. The fourth-order valence-electron chi connectivity index (χ4n) is 5.09. The highest BCUT2D eigenvalue weighted by atomic mass is 32.2. The highest BCUT2D eigenvalue weighted by Gasteiger charge is 2.35. The Morgan fingerprint density at radius 1 is 1.03 bits per heavy atom. The molecule has 0 bridgehead atoms. The van der Waals surface area contributed by atoms with Crippen LogP contribution in [-0.4, -0.2) is 44.9 Å². The molecule has 0 saturated carbocycles. The van der Waals surface area contributed by atoms with E-state index in [4.69, 9.17) is 4.74 Å². The number of piperidine rings is 1. The number of sulfonamides is 1. The molecule has 0 aromatic heterocycles. The number of amides is 1. The minimum Gasteiger partial charge on any atom is -0.495 e. The van der Waals surface area contributed by atoms with Gasteiger partial charge in [0.05, 0.1) is 7.11 Å². The zero-order valence-electron chi connectivity index (χ0n) is 19.2. The summed E-state index contributed by atoms with van der Waals surface area (Å²) in [5.41, 5.74) is 2.39. The third-order valence-corrected chi connectivity index (χ3v) is 8.46. The molecule has 1 saturated heterocycles. The van der Waals surface area contributed by atoms with E-state index in [-0.39, 0.29) is 34.4 Å². The predicted octanol–water partition coefficient (Wildman–Crippen LogP) is 4.34. The lowest BCUT2D eigenvalue weighted by atomic mass is 9.94. The summed E-state index contributed by atoms with van der Waals surface area (Å²) >= 11 is 0. The number of carbonyl (C=O) groups excluding carboxylic acids is 1. The summed E-state index contributed by atoms with van der Waals surface area (Å²) in [4.78, 5) is 15.5. The molecule has 6 nitrogen and oxygen atoms in total. The van der Waals surface area contributed by atoms with E-state index in [1.165, 1.54) is 17.5 Å². The van der Waals surface area contributed by atoms with E-state index in [9.17, 15) is 13.2 Å². The van der Waals surface area contributed by atoms with E-state index in [0.29, 0.717) is 18.7 Å². The van der Waals surface area contributed by atoms with Crippen molar-refractivity contribution >= 4 is 21.6 Å². The molecule has 172 valence electrons. The second-order valence-electron chi connectivity index (χ2n) is 9.33. The van der Waals surface area contributed by atoms with Crippen LogP contribution >= 0.6 is 0 Å². The monoisotopic (exact) mass is 456 g/mol. The molecule has 0 spiro atoms. The molecule has 32 heavy (non-hydrogen) atoms. The molecule has 3 atom stereocenters. The van der Waals surface area contributed by atoms with Gasteiger partial charge < -0.3 is 9.64 Å². The molecule has 2 aliphatic heterocycles. The molecule has 7 heteroatoms. The molecule has 0 radical (unpaired) electrons. The van der Waals surface area contributed by atoms with Gasteiger partial charge in [-0.2, -0.15) is 4.31 Å². The van der Waals surface area contributed by atoms with Crippen LogP contribution in [0, 0.1) is 11.8 Å². The number of hydrogen-bond acceptors (Lipinski definition) is 4. The van der Waals surface area contributed by atoms with Crippen molar-refractivity contribution in [3.8, 4) is 5.75 Å². The van der Waals surface area contributed by atoms with Gasteiger partial charge in [-0.3, -0.25) is 4.79 Å². The standard InChI is InChI=1S/C25H32N2O4S/c1-17-13-18(2)16-26(15-17)32(29,30)24-14-21(11-12-23(24)31-4)25(28)27-19(3)9-10-20-7-5-6-8-22(20)27/h5-8,11-12,14,17-19H,9-10,13,15-16H2,1-4H3. The smallest absolute Gasteiger partial charge is 0.258 e. The maximum Gasteiger partial charge on any atom is 0.258 e. The Bertz CT molecular complexity index is 1100. The second kappa shape index (κ2) is 8.87. The number of nitrogens with zero attached hydrogens (tertiary/aromatic N) is 2. The molecule has 2 aromatic rings. The van der Waals surface area contributed by atoms with Gasteiger partial charge in [-0.1, -0.05) is 32.0 Å². The van der Waals surface area contributed by atoms with Crippen molar-refractivity contribution in [1.82, 2.24) is 4.31 Å². The molecule has 1 amide bonds. The van der Waals surface area contributed by atoms with Crippen molar-refractivity contribution in [1.29, 1.82) is 0 Å². The van der Waals surface area contributed by atoms with Gasteiger partial charge in [0.2, 0.25) is 10.0 Å². The zero-order valence-corrected chi connectivity index (χ0v) is 20.1. The van der Waals surface area contributed by atoms with E-state index in [1.807, 2.05) is 31.2 Å². The Labute approximate surface area is 191 Å². The molecule has 0 aliphatic carbocycles. The Balaban J connectivity index is 1.73. The maximum atomic E-state index is 13.6. The number of benzene rings is 2. The number of anilines is 1. The van der Waals surface area contributed by atoms with Crippen molar-refractivity contribution < 1.29 is 17.9 Å². The summed E-state index contributed by atoms with van der Waals surface area (Å²) in [5.74, 6) is 0.647. The summed E-state index contributed by atoms with van der Waals surface area (Å²) in [7, 11) is -2.34. The molecule has 3 unspecified atom stereocenters. The number of ether oxygens (including phenoxy) is 1. The molecule has 1 fully saturated rings. The van der Waals surface area contributed by atoms with Crippen molar-refractivity contribution in [3.63, 3.8) is 0 Å². The number of hydrogen-bond donors (Lipinski definition) is 0. The Hall–Kier alpha value is -2.38. The van der Waals surface area contributed by atoms with Crippen LogP contribution < -0.4 is 9.64 Å². The first kappa shape index (κ1) is 22.8. The highest BCUT2D eigenvalue weighted by Crippen LogP contribution is 2.35. The van der Waals surface area contributed by atoms with E-state index < -0.39 is 10.0 Å². The lowest BCUT2D eigenvalue weighted by molar-refractivity contribution is 0.0975. The van der Waals surface area contributed by atoms with Crippen LogP contribution in [0.15, 0.2) is 47.4 Å². The van der Waals surface area contributed by atoms with Gasteiger partial charge in [0.15, 0.2) is 0 Å². The molecule has 0 N–H and O–H groups in total. The van der Waals surface area contributed by atoms with Gasteiger partial charge in [0, 0.05) is 30.4 Å². The van der Waals surface area contributed by atoms with Crippen LogP contribution in [0.4, 0.5) is 5.69 Å². The van der Waals surface area contributed by atoms with Crippen LogP contribution in [0.5, 0.6) is 5.75 Å². The zero-order chi connectivity index (χ0) is 23.0. The van der Waals surface area contributed by atoms with E-state index in [0.717, 1.165) is 30.5 Å². The number of aryl methyl sites for hydroxylation is 1. The van der Waals surface area contributed by atoms with E-state index in [2.05, 4.69) is 13.8 Å². The summed E-state index contributed by atoms with van der Waals surface area (Å²) in [6.07, 6.45) is 2.80.